The third kappa shape index (κ3) is 2.04. The van der Waals surface area contributed by atoms with Crippen LogP contribution >= 0.6 is 0 Å². The molecule has 0 spiro atoms. The second-order valence-electron chi connectivity index (χ2n) is 3.97. The molecule has 0 aliphatic rings. The van der Waals surface area contributed by atoms with Crippen LogP contribution in [0.2, 0.25) is 0 Å². The first-order valence-corrected chi connectivity index (χ1v) is 5.05. The van der Waals surface area contributed by atoms with Gasteiger partial charge < -0.3 is 5.11 Å². The van der Waals surface area contributed by atoms with Crippen LogP contribution in [0, 0.1) is 5.82 Å². The Morgan fingerprint density at radius 2 is 2.18 bits per heavy atom. The van der Waals surface area contributed by atoms with Crippen molar-refractivity contribution in [3.63, 3.8) is 0 Å². The first-order chi connectivity index (χ1) is 7.99. The van der Waals surface area contributed by atoms with Gasteiger partial charge in [-0.1, -0.05) is 5.57 Å². The van der Waals surface area contributed by atoms with Crippen molar-refractivity contribution >= 4 is 23.1 Å². The minimum atomic E-state index is -1.17. The lowest BCUT2D eigenvalue weighted by Crippen LogP contribution is -1.99. The van der Waals surface area contributed by atoms with Crippen LogP contribution in [-0.4, -0.2) is 20.9 Å². The molecule has 2 rings (SSSR count). The Kier molecular flexibility index (Phi) is 2.67. The number of allylic oxidation sites excluding steroid dienone is 1. The van der Waals surface area contributed by atoms with Gasteiger partial charge in [-0.3, -0.25) is 0 Å². The van der Waals surface area contributed by atoms with Gasteiger partial charge in [0.2, 0.25) is 0 Å². The Morgan fingerprint density at radius 1 is 1.47 bits per heavy atom. The zero-order valence-corrected chi connectivity index (χ0v) is 9.44. The first-order valence-electron chi connectivity index (χ1n) is 5.05. The third-order valence-electron chi connectivity index (χ3n) is 2.25. The summed E-state index contributed by atoms with van der Waals surface area (Å²) in [7, 11) is 0. The monoisotopic (exact) mass is 234 g/mol. The highest BCUT2D eigenvalue weighted by Gasteiger charge is 2.15. The molecule has 4 nitrogen and oxygen atoms in total. The second-order valence-corrected chi connectivity index (χ2v) is 3.97. The van der Waals surface area contributed by atoms with Gasteiger partial charge in [-0.15, -0.1) is 0 Å². The molecule has 0 fully saturated rings. The fourth-order valence-corrected chi connectivity index (χ4v) is 1.61. The summed E-state index contributed by atoms with van der Waals surface area (Å²) >= 11 is 0. The summed E-state index contributed by atoms with van der Waals surface area (Å²) in [5, 5.41) is 13.2. The van der Waals surface area contributed by atoms with Gasteiger partial charge in [-0.05, 0) is 32.0 Å². The normalized spacial score (nSPS) is 10.5. The van der Waals surface area contributed by atoms with E-state index in [4.69, 9.17) is 5.11 Å². The number of hydrogen-bond acceptors (Lipinski definition) is 2. The molecule has 0 atom stereocenters. The second kappa shape index (κ2) is 4.01. The van der Waals surface area contributed by atoms with Gasteiger partial charge in [0.05, 0.1) is 5.52 Å². The molecule has 0 aliphatic carbocycles. The molecule has 17 heavy (non-hydrogen) atoms. The topological polar surface area (TPSA) is 55.1 Å². The maximum atomic E-state index is 13.1. The van der Waals surface area contributed by atoms with E-state index in [1.807, 2.05) is 13.8 Å². The Hall–Kier alpha value is -2.17. The van der Waals surface area contributed by atoms with Gasteiger partial charge in [0.15, 0.2) is 5.69 Å². The smallest absolute Gasteiger partial charge is 0.357 e. The minimum absolute atomic E-state index is 0.142. The molecular formula is C12H11FN2O2. The van der Waals surface area contributed by atoms with Crippen molar-refractivity contribution in [1.82, 2.24) is 9.78 Å². The highest BCUT2D eigenvalue weighted by Crippen LogP contribution is 2.20. The molecule has 0 unspecified atom stereocenters. The predicted octanol–water partition coefficient (Wildman–Crippen LogP) is 2.75. The van der Waals surface area contributed by atoms with E-state index < -0.39 is 11.8 Å². The molecule has 0 bridgehead atoms. The third-order valence-corrected chi connectivity index (χ3v) is 2.25. The molecular weight excluding hydrogens is 223 g/mol. The van der Waals surface area contributed by atoms with Crippen molar-refractivity contribution in [2.75, 3.05) is 0 Å². The van der Waals surface area contributed by atoms with E-state index in [2.05, 4.69) is 5.10 Å². The van der Waals surface area contributed by atoms with E-state index in [-0.39, 0.29) is 5.69 Å². The summed E-state index contributed by atoms with van der Waals surface area (Å²) in [6.07, 6.45) is 1.70. The van der Waals surface area contributed by atoms with Crippen molar-refractivity contribution in [2.24, 2.45) is 0 Å². The number of carboxylic acids is 1. The van der Waals surface area contributed by atoms with E-state index in [9.17, 15) is 9.18 Å². The molecule has 1 heterocycles. The fourth-order valence-electron chi connectivity index (χ4n) is 1.61. The number of aromatic nitrogens is 2. The Balaban J connectivity index is 2.79. The maximum Gasteiger partial charge on any atom is 0.357 e. The number of rotatable bonds is 2. The van der Waals surface area contributed by atoms with Gasteiger partial charge in [0, 0.05) is 11.6 Å². The van der Waals surface area contributed by atoms with Crippen LogP contribution < -0.4 is 0 Å². The summed E-state index contributed by atoms with van der Waals surface area (Å²) in [5.41, 5.74) is 1.40. The van der Waals surface area contributed by atoms with E-state index >= 15 is 0 Å². The van der Waals surface area contributed by atoms with Crippen LogP contribution in [0.15, 0.2) is 23.8 Å². The van der Waals surface area contributed by atoms with Crippen LogP contribution in [0.5, 0.6) is 0 Å². The quantitative estimate of drug-likeness (QED) is 0.869. The Bertz CT molecular complexity index is 625. The minimum Gasteiger partial charge on any atom is -0.476 e. The van der Waals surface area contributed by atoms with Crippen LogP contribution in [0.25, 0.3) is 17.1 Å². The summed E-state index contributed by atoms with van der Waals surface area (Å²) in [6, 6.07) is 3.98. The first kappa shape index (κ1) is 11.3. The molecule has 88 valence electrons. The van der Waals surface area contributed by atoms with Crippen molar-refractivity contribution < 1.29 is 14.3 Å². The lowest BCUT2D eigenvalue weighted by Gasteiger charge is -1.96. The number of halogens is 1. The van der Waals surface area contributed by atoms with E-state index in [0.717, 1.165) is 5.57 Å². The molecule has 0 aliphatic heterocycles. The van der Waals surface area contributed by atoms with Gasteiger partial charge in [-0.2, -0.15) is 5.10 Å². The van der Waals surface area contributed by atoms with Gasteiger partial charge in [-0.25, -0.2) is 13.9 Å². The van der Waals surface area contributed by atoms with Gasteiger partial charge in [0.25, 0.3) is 0 Å². The number of carboxylic acid groups (broad SMARTS) is 1. The number of hydrogen-bond donors (Lipinski definition) is 1. The molecule has 1 N–H and O–H groups in total. The average molecular weight is 234 g/mol. The highest BCUT2D eigenvalue weighted by atomic mass is 19.1. The summed E-state index contributed by atoms with van der Waals surface area (Å²) in [5.74, 6) is -1.64. The predicted molar refractivity (Wildman–Crippen MR) is 62.3 cm³/mol. The summed E-state index contributed by atoms with van der Waals surface area (Å²) in [6.45, 7) is 3.74. The van der Waals surface area contributed by atoms with Crippen LogP contribution in [0.4, 0.5) is 4.39 Å². The van der Waals surface area contributed by atoms with Crippen molar-refractivity contribution in [1.29, 1.82) is 0 Å². The number of fused-ring (bicyclic) bond motifs is 1. The number of carbonyl (C=O) groups is 1. The van der Waals surface area contributed by atoms with Crippen molar-refractivity contribution in [2.45, 2.75) is 13.8 Å². The maximum absolute atomic E-state index is 13.1. The molecule has 0 saturated carbocycles. The van der Waals surface area contributed by atoms with Gasteiger partial charge in [0.1, 0.15) is 5.82 Å². The molecule has 0 saturated heterocycles. The standard InChI is InChI=1S/C12H11FN2O2/c1-7(2)6-15-10-4-3-8(13)5-9(10)11(14-15)12(16)17/h3-6H,1-2H3,(H,16,17). The summed E-state index contributed by atoms with van der Waals surface area (Å²) in [4.78, 5) is 11.0. The molecule has 1 aromatic carbocycles. The van der Waals surface area contributed by atoms with Crippen molar-refractivity contribution in [3.8, 4) is 0 Å². The van der Waals surface area contributed by atoms with E-state index in [1.54, 1.807) is 6.20 Å². The number of nitrogens with zero attached hydrogens (tertiary/aromatic N) is 2. The summed E-state index contributed by atoms with van der Waals surface area (Å²) < 4.78 is 14.6. The van der Waals surface area contributed by atoms with Crippen LogP contribution in [-0.2, 0) is 0 Å². The highest BCUT2D eigenvalue weighted by molar-refractivity contribution is 6.01. The number of benzene rings is 1. The molecule has 2 aromatic rings. The van der Waals surface area contributed by atoms with Crippen molar-refractivity contribution in [3.05, 3.63) is 35.3 Å². The molecule has 0 radical (unpaired) electrons. The lowest BCUT2D eigenvalue weighted by atomic mass is 10.2. The molecule has 0 amide bonds. The SMILES string of the molecule is CC(C)=Cn1nc(C(=O)O)c2cc(F)ccc21. The average Bonchev–Trinajstić information content (AvgIpc) is 2.55. The van der Waals surface area contributed by atoms with Crippen LogP contribution in [0.3, 0.4) is 0 Å². The Morgan fingerprint density at radius 3 is 2.76 bits per heavy atom. The zero-order valence-electron chi connectivity index (χ0n) is 9.44. The van der Waals surface area contributed by atoms with Crippen LogP contribution in [0.1, 0.15) is 24.3 Å². The largest absolute Gasteiger partial charge is 0.476 e. The zero-order chi connectivity index (χ0) is 12.6. The molecule has 1 aromatic heterocycles. The number of aromatic carboxylic acids is 1. The Labute approximate surface area is 97.0 Å². The lowest BCUT2D eigenvalue weighted by molar-refractivity contribution is 0.0692. The van der Waals surface area contributed by atoms with Gasteiger partial charge >= 0.3 is 5.97 Å². The molecule has 5 heteroatoms. The van der Waals surface area contributed by atoms with E-state index in [0.29, 0.717) is 10.9 Å². The fraction of sp³-hybridized carbons (Fsp3) is 0.167. The van der Waals surface area contributed by atoms with E-state index in [1.165, 1.54) is 22.9 Å².